The lowest BCUT2D eigenvalue weighted by Crippen LogP contribution is -2.32. The summed E-state index contributed by atoms with van der Waals surface area (Å²) in [4.78, 5) is 4.37. The van der Waals surface area contributed by atoms with Crippen LogP contribution in [-0.4, -0.2) is 20.8 Å². The largest absolute Gasteiger partial charge is 0.393 e. The van der Waals surface area contributed by atoms with E-state index in [1.54, 1.807) is 16.9 Å². The van der Waals surface area contributed by atoms with E-state index in [4.69, 9.17) is 5.73 Å². The van der Waals surface area contributed by atoms with Crippen LogP contribution in [0.1, 0.15) is 37.9 Å². The van der Waals surface area contributed by atoms with E-state index in [0.29, 0.717) is 25.0 Å². The van der Waals surface area contributed by atoms with E-state index in [1.165, 1.54) is 13.8 Å². The van der Waals surface area contributed by atoms with Gasteiger partial charge in [-0.1, -0.05) is 13.8 Å². The number of nitrogens with two attached hydrogens (primary N) is 1. The van der Waals surface area contributed by atoms with Gasteiger partial charge in [0.1, 0.15) is 0 Å². The Morgan fingerprint density at radius 3 is 2.62 bits per heavy atom. The second-order valence-corrected chi connectivity index (χ2v) is 5.84. The number of aryl methyl sites for hydroxylation is 1. The zero-order valence-electron chi connectivity index (χ0n) is 12.1. The van der Waals surface area contributed by atoms with Gasteiger partial charge < -0.3 is 5.73 Å². The van der Waals surface area contributed by atoms with Crippen molar-refractivity contribution in [1.29, 1.82) is 0 Å². The zero-order valence-corrected chi connectivity index (χ0v) is 12.1. The molecular weight excluding hydrogens is 281 g/mol. The number of rotatable bonds is 5. The molecule has 2 aromatic heterocycles. The highest BCUT2D eigenvalue weighted by Crippen LogP contribution is 2.41. The number of fused-ring (bicyclic) bond motifs is 1. The maximum atomic E-state index is 12.8. The van der Waals surface area contributed by atoms with Crippen LogP contribution in [0.5, 0.6) is 0 Å². The SMILES string of the molecule is CC(C)(CCCc1cn2ncc(CN)cc2n1)C(F)(F)F. The van der Waals surface area contributed by atoms with Crippen LogP contribution in [0.25, 0.3) is 5.65 Å². The Morgan fingerprint density at radius 1 is 1.29 bits per heavy atom. The first-order valence-corrected chi connectivity index (χ1v) is 6.83. The number of aromatic nitrogens is 3. The molecule has 4 nitrogen and oxygen atoms in total. The fraction of sp³-hybridized carbons (Fsp3) is 0.571. The lowest BCUT2D eigenvalue weighted by Gasteiger charge is -2.27. The average molecular weight is 300 g/mol. The van der Waals surface area contributed by atoms with Gasteiger partial charge in [-0.25, -0.2) is 9.50 Å². The summed E-state index contributed by atoms with van der Waals surface area (Å²) in [7, 11) is 0. The lowest BCUT2D eigenvalue weighted by atomic mass is 9.86. The van der Waals surface area contributed by atoms with Gasteiger partial charge in [0.15, 0.2) is 5.65 Å². The van der Waals surface area contributed by atoms with Crippen LogP contribution in [0.2, 0.25) is 0 Å². The summed E-state index contributed by atoms with van der Waals surface area (Å²) in [6.07, 6.45) is 0.234. The maximum Gasteiger partial charge on any atom is 0.393 e. The van der Waals surface area contributed by atoms with Crippen LogP contribution < -0.4 is 5.73 Å². The van der Waals surface area contributed by atoms with Crippen molar-refractivity contribution in [1.82, 2.24) is 14.6 Å². The van der Waals surface area contributed by atoms with Gasteiger partial charge in [0.25, 0.3) is 0 Å². The summed E-state index contributed by atoms with van der Waals surface area (Å²) in [6, 6.07) is 1.83. The van der Waals surface area contributed by atoms with Crippen molar-refractivity contribution in [3.8, 4) is 0 Å². The smallest absolute Gasteiger partial charge is 0.326 e. The fourth-order valence-corrected chi connectivity index (χ4v) is 2.05. The summed E-state index contributed by atoms with van der Waals surface area (Å²) in [5, 5.41) is 4.16. The zero-order chi connectivity index (χ0) is 15.7. The second-order valence-electron chi connectivity index (χ2n) is 5.84. The molecule has 0 aliphatic heterocycles. The summed E-state index contributed by atoms with van der Waals surface area (Å²) in [5.41, 5.74) is 6.15. The first-order valence-electron chi connectivity index (χ1n) is 6.83. The molecule has 2 aromatic rings. The van der Waals surface area contributed by atoms with Gasteiger partial charge >= 0.3 is 6.18 Å². The molecule has 7 heteroatoms. The van der Waals surface area contributed by atoms with E-state index in [-0.39, 0.29) is 6.42 Å². The van der Waals surface area contributed by atoms with Gasteiger partial charge in [0, 0.05) is 6.54 Å². The Morgan fingerprint density at radius 2 is 2.00 bits per heavy atom. The monoisotopic (exact) mass is 300 g/mol. The lowest BCUT2D eigenvalue weighted by molar-refractivity contribution is -0.213. The van der Waals surface area contributed by atoms with Gasteiger partial charge in [-0.2, -0.15) is 18.3 Å². The number of imidazole rings is 1. The molecule has 0 fully saturated rings. The van der Waals surface area contributed by atoms with Crippen LogP contribution in [0.3, 0.4) is 0 Å². The summed E-state index contributed by atoms with van der Waals surface area (Å²) in [6.45, 7) is 2.84. The molecule has 2 heterocycles. The standard InChI is InChI=1S/C14H19F3N4/c1-13(2,14(15,16)17)5-3-4-11-9-21-12(20-11)6-10(7-18)8-19-21/h6,8-9H,3-5,7,18H2,1-2H3. The van der Waals surface area contributed by atoms with Gasteiger partial charge in [-0.05, 0) is 30.9 Å². The molecule has 116 valence electrons. The Hall–Kier alpha value is -1.63. The molecule has 0 aliphatic carbocycles. The van der Waals surface area contributed by atoms with Crippen molar-refractivity contribution in [3.05, 3.63) is 29.7 Å². The number of halogens is 3. The molecule has 0 aliphatic rings. The highest BCUT2D eigenvalue weighted by Gasteiger charge is 2.46. The molecule has 2 rings (SSSR count). The van der Waals surface area contributed by atoms with Gasteiger partial charge in [0.2, 0.25) is 0 Å². The van der Waals surface area contributed by atoms with Crippen LogP contribution in [0, 0.1) is 5.41 Å². The van der Waals surface area contributed by atoms with Crippen LogP contribution in [-0.2, 0) is 13.0 Å². The normalized spacial score (nSPS) is 13.0. The Labute approximate surface area is 121 Å². The van der Waals surface area contributed by atoms with Crippen molar-refractivity contribution in [2.75, 3.05) is 0 Å². The minimum absolute atomic E-state index is 0.0752. The Balaban J connectivity index is 2.01. The molecular formula is C14H19F3N4. The average Bonchev–Trinajstić information content (AvgIpc) is 2.78. The summed E-state index contributed by atoms with van der Waals surface area (Å²) >= 11 is 0. The maximum absolute atomic E-state index is 12.8. The predicted octanol–water partition coefficient (Wildman–Crippen LogP) is 3.10. The molecule has 0 radical (unpaired) electrons. The summed E-state index contributed by atoms with van der Waals surface area (Å²) in [5.74, 6) is 0. The third-order valence-electron chi connectivity index (χ3n) is 3.66. The molecule has 0 bridgehead atoms. The topological polar surface area (TPSA) is 56.2 Å². The Kier molecular flexibility index (Phi) is 4.22. The van der Waals surface area contributed by atoms with Gasteiger partial charge in [-0.3, -0.25) is 0 Å². The Bertz CT molecular complexity index is 616. The second kappa shape index (κ2) is 5.63. The highest BCUT2D eigenvalue weighted by molar-refractivity contribution is 5.40. The number of hydrogen-bond donors (Lipinski definition) is 1. The minimum atomic E-state index is -4.18. The molecule has 2 N–H and O–H groups in total. The molecule has 0 unspecified atom stereocenters. The first kappa shape index (κ1) is 15.8. The van der Waals surface area contributed by atoms with E-state index in [9.17, 15) is 13.2 Å². The van der Waals surface area contributed by atoms with Gasteiger partial charge in [0.05, 0.1) is 23.5 Å². The number of nitrogens with zero attached hydrogens (tertiary/aromatic N) is 3. The molecule has 0 amide bonds. The molecule has 0 aromatic carbocycles. The quantitative estimate of drug-likeness (QED) is 0.923. The van der Waals surface area contributed by atoms with Crippen molar-refractivity contribution < 1.29 is 13.2 Å². The van der Waals surface area contributed by atoms with E-state index >= 15 is 0 Å². The van der Waals surface area contributed by atoms with Gasteiger partial charge in [-0.15, -0.1) is 0 Å². The van der Waals surface area contributed by atoms with E-state index in [0.717, 1.165) is 11.3 Å². The summed E-state index contributed by atoms with van der Waals surface area (Å²) < 4.78 is 39.9. The van der Waals surface area contributed by atoms with Crippen molar-refractivity contribution in [2.24, 2.45) is 11.1 Å². The molecule has 21 heavy (non-hydrogen) atoms. The fourth-order valence-electron chi connectivity index (χ4n) is 2.05. The van der Waals surface area contributed by atoms with Crippen molar-refractivity contribution in [3.63, 3.8) is 0 Å². The highest BCUT2D eigenvalue weighted by atomic mass is 19.4. The molecule has 0 saturated carbocycles. The predicted molar refractivity (Wildman–Crippen MR) is 73.7 cm³/mol. The number of alkyl halides is 3. The molecule has 0 saturated heterocycles. The van der Waals surface area contributed by atoms with E-state index in [1.807, 2.05) is 6.07 Å². The third kappa shape index (κ3) is 3.53. The third-order valence-corrected chi connectivity index (χ3v) is 3.66. The molecule has 0 spiro atoms. The number of hydrogen-bond acceptors (Lipinski definition) is 3. The van der Waals surface area contributed by atoms with Crippen LogP contribution in [0.15, 0.2) is 18.5 Å². The van der Waals surface area contributed by atoms with Crippen LogP contribution in [0.4, 0.5) is 13.2 Å². The molecule has 0 atom stereocenters. The van der Waals surface area contributed by atoms with E-state index in [2.05, 4.69) is 10.1 Å². The minimum Gasteiger partial charge on any atom is -0.326 e. The van der Waals surface area contributed by atoms with E-state index < -0.39 is 11.6 Å². The van der Waals surface area contributed by atoms with Crippen molar-refractivity contribution >= 4 is 5.65 Å². The van der Waals surface area contributed by atoms with Crippen LogP contribution >= 0.6 is 0 Å². The first-order chi connectivity index (χ1) is 9.73. The van der Waals surface area contributed by atoms with Crippen molar-refractivity contribution in [2.45, 2.75) is 45.8 Å².